The van der Waals surface area contributed by atoms with Gasteiger partial charge in [-0.25, -0.2) is 8.42 Å². The SMILES string of the molecule is O=C1CN(c2ccccc2NS(=O)(=O)c2ccc3ccccc3c2)CCN1. The van der Waals surface area contributed by atoms with Crippen molar-refractivity contribution >= 4 is 38.1 Å². The molecular formula is C20H19N3O3S. The number of fused-ring (bicyclic) bond motifs is 1. The van der Waals surface area contributed by atoms with E-state index >= 15 is 0 Å². The molecule has 1 aliphatic heterocycles. The molecule has 1 fully saturated rings. The van der Waals surface area contributed by atoms with Crippen molar-refractivity contribution in [2.24, 2.45) is 0 Å². The van der Waals surface area contributed by atoms with Crippen molar-refractivity contribution in [3.63, 3.8) is 0 Å². The van der Waals surface area contributed by atoms with Gasteiger partial charge in [-0.3, -0.25) is 9.52 Å². The second-order valence-electron chi connectivity index (χ2n) is 6.40. The molecule has 3 aromatic carbocycles. The highest BCUT2D eigenvalue weighted by Gasteiger charge is 2.22. The predicted molar refractivity (Wildman–Crippen MR) is 106 cm³/mol. The lowest BCUT2D eigenvalue weighted by Gasteiger charge is -2.30. The number of sulfonamides is 1. The number of amides is 1. The zero-order valence-corrected chi connectivity index (χ0v) is 15.4. The van der Waals surface area contributed by atoms with Crippen molar-refractivity contribution < 1.29 is 13.2 Å². The van der Waals surface area contributed by atoms with Crippen molar-refractivity contribution in [3.05, 3.63) is 66.7 Å². The summed E-state index contributed by atoms with van der Waals surface area (Å²) in [4.78, 5) is 13.8. The van der Waals surface area contributed by atoms with E-state index < -0.39 is 10.0 Å². The number of para-hydroxylation sites is 2. The molecule has 7 heteroatoms. The normalized spacial score (nSPS) is 14.8. The Balaban J connectivity index is 1.67. The summed E-state index contributed by atoms with van der Waals surface area (Å²) in [7, 11) is -3.76. The van der Waals surface area contributed by atoms with E-state index in [0.29, 0.717) is 24.5 Å². The van der Waals surface area contributed by atoms with Gasteiger partial charge in [-0.05, 0) is 35.0 Å². The number of piperazine rings is 1. The second-order valence-corrected chi connectivity index (χ2v) is 8.09. The Bertz CT molecular complexity index is 1110. The minimum Gasteiger partial charge on any atom is -0.359 e. The Morgan fingerprint density at radius 3 is 2.48 bits per heavy atom. The molecule has 0 spiro atoms. The van der Waals surface area contributed by atoms with Crippen molar-refractivity contribution in [2.75, 3.05) is 29.3 Å². The van der Waals surface area contributed by atoms with Gasteiger partial charge in [0.25, 0.3) is 10.0 Å². The van der Waals surface area contributed by atoms with Crippen LogP contribution in [0.3, 0.4) is 0 Å². The van der Waals surface area contributed by atoms with Crippen LogP contribution in [0.4, 0.5) is 11.4 Å². The van der Waals surface area contributed by atoms with Crippen LogP contribution in [-0.4, -0.2) is 34.0 Å². The van der Waals surface area contributed by atoms with Crippen molar-refractivity contribution in [3.8, 4) is 0 Å². The summed E-state index contributed by atoms with van der Waals surface area (Å²) in [6.45, 7) is 1.36. The average Bonchev–Trinajstić information content (AvgIpc) is 2.68. The van der Waals surface area contributed by atoms with Crippen molar-refractivity contribution in [1.82, 2.24) is 5.32 Å². The van der Waals surface area contributed by atoms with Crippen LogP contribution < -0.4 is 14.9 Å². The van der Waals surface area contributed by atoms with Crippen LogP contribution in [0.25, 0.3) is 10.8 Å². The molecular weight excluding hydrogens is 362 g/mol. The van der Waals surface area contributed by atoms with E-state index in [4.69, 9.17) is 0 Å². The van der Waals surface area contributed by atoms with Gasteiger partial charge in [-0.15, -0.1) is 0 Å². The summed E-state index contributed by atoms with van der Waals surface area (Å²) in [5.41, 5.74) is 1.15. The summed E-state index contributed by atoms with van der Waals surface area (Å²) in [6.07, 6.45) is 0. The zero-order valence-electron chi connectivity index (χ0n) is 14.6. The van der Waals surface area contributed by atoms with Crippen molar-refractivity contribution in [1.29, 1.82) is 0 Å². The Hall–Kier alpha value is -3.06. The van der Waals surface area contributed by atoms with Crippen LogP contribution in [0.1, 0.15) is 0 Å². The first-order valence-electron chi connectivity index (χ1n) is 8.65. The summed E-state index contributed by atoms with van der Waals surface area (Å²) < 4.78 is 28.6. The summed E-state index contributed by atoms with van der Waals surface area (Å²) >= 11 is 0. The van der Waals surface area contributed by atoms with Crippen LogP contribution >= 0.6 is 0 Å². The van der Waals surface area contributed by atoms with Gasteiger partial charge in [0.1, 0.15) is 0 Å². The lowest BCUT2D eigenvalue weighted by Crippen LogP contribution is -2.47. The molecule has 0 atom stereocenters. The number of anilines is 2. The van der Waals surface area contributed by atoms with Gasteiger partial charge in [0.15, 0.2) is 0 Å². The lowest BCUT2D eigenvalue weighted by atomic mass is 10.1. The standard InChI is InChI=1S/C20H19N3O3S/c24-20-14-23(12-11-21-20)19-8-4-3-7-18(19)22-27(25,26)17-10-9-15-5-1-2-6-16(15)13-17/h1-10,13,22H,11-12,14H2,(H,21,24). The molecule has 0 aliphatic carbocycles. The number of nitrogens with zero attached hydrogens (tertiary/aromatic N) is 1. The average molecular weight is 381 g/mol. The molecule has 0 saturated carbocycles. The third-order valence-electron chi connectivity index (χ3n) is 4.56. The molecule has 1 saturated heterocycles. The third kappa shape index (κ3) is 3.59. The van der Waals surface area contributed by atoms with Crippen LogP contribution in [0, 0.1) is 0 Å². The minimum absolute atomic E-state index is 0.0755. The monoisotopic (exact) mass is 381 g/mol. The maximum Gasteiger partial charge on any atom is 0.261 e. The van der Waals surface area contributed by atoms with Gasteiger partial charge in [0.05, 0.1) is 22.8 Å². The number of carbonyl (C=O) groups excluding carboxylic acids is 1. The van der Waals surface area contributed by atoms with Crippen LogP contribution in [0.15, 0.2) is 71.6 Å². The molecule has 2 N–H and O–H groups in total. The Labute approximate surface area is 157 Å². The Morgan fingerprint density at radius 2 is 1.67 bits per heavy atom. The fourth-order valence-electron chi connectivity index (χ4n) is 3.22. The van der Waals surface area contributed by atoms with Crippen molar-refractivity contribution in [2.45, 2.75) is 4.90 Å². The molecule has 1 aliphatic rings. The van der Waals surface area contributed by atoms with E-state index in [1.807, 2.05) is 41.3 Å². The zero-order chi connectivity index (χ0) is 18.9. The van der Waals surface area contributed by atoms with Gasteiger partial charge in [-0.1, -0.05) is 42.5 Å². The maximum absolute atomic E-state index is 12.9. The van der Waals surface area contributed by atoms with Crippen LogP contribution in [0.5, 0.6) is 0 Å². The molecule has 0 aromatic heterocycles. The van der Waals surface area contributed by atoms with Gasteiger partial charge in [0.2, 0.25) is 5.91 Å². The topological polar surface area (TPSA) is 78.5 Å². The summed E-state index contributed by atoms with van der Waals surface area (Å²) in [5, 5.41) is 4.62. The first kappa shape index (κ1) is 17.4. The van der Waals surface area contributed by atoms with Gasteiger partial charge in [0, 0.05) is 13.1 Å². The van der Waals surface area contributed by atoms with E-state index in [1.54, 1.807) is 30.3 Å². The Morgan fingerprint density at radius 1 is 0.926 bits per heavy atom. The molecule has 3 aromatic rings. The first-order chi connectivity index (χ1) is 13.0. The van der Waals surface area contributed by atoms with E-state index in [-0.39, 0.29) is 17.3 Å². The Kier molecular flexibility index (Phi) is 4.45. The van der Waals surface area contributed by atoms with E-state index in [1.165, 1.54) is 0 Å². The van der Waals surface area contributed by atoms with Crippen LogP contribution in [-0.2, 0) is 14.8 Å². The number of carbonyl (C=O) groups is 1. The molecule has 0 bridgehead atoms. The summed E-state index contributed by atoms with van der Waals surface area (Å²) in [5.74, 6) is -0.0755. The number of nitrogens with one attached hydrogen (secondary N) is 2. The summed E-state index contributed by atoms with van der Waals surface area (Å²) in [6, 6.07) is 19.8. The molecule has 6 nitrogen and oxygen atoms in total. The lowest BCUT2D eigenvalue weighted by molar-refractivity contribution is -0.120. The van der Waals surface area contributed by atoms with Gasteiger partial charge < -0.3 is 10.2 Å². The molecule has 4 rings (SSSR count). The number of rotatable bonds is 4. The highest BCUT2D eigenvalue weighted by atomic mass is 32.2. The highest BCUT2D eigenvalue weighted by molar-refractivity contribution is 7.92. The first-order valence-corrected chi connectivity index (χ1v) is 10.1. The fraction of sp³-hybridized carbons (Fsp3) is 0.150. The molecule has 0 radical (unpaired) electrons. The molecule has 27 heavy (non-hydrogen) atoms. The number of hydrogen-bond donors (Lipinski definition) is 2. The highest BCUT2D eigenvalue weighted by Crippen LogP contribution is 2.29. The van der Waals surface area contributed by atoms with E-state index in [9.17, 15) is 13.2 Å². The van der Waals surface area contributed by atoms with Gasteiger partial charge in [-0.2, -0.15) is 0 Å². The quantitative estimate of drug-likeness (QED) is 0.728. The molecule has 0 unspecified atom stereocenters. The van der Waals surface area contributed by atoms with Gasteiger partial charge >= 0.3 is 0 Å². The van der Waals surface area contributed by atoms with Crippen LogP contribution in [0.2, 0.25) is 0 Å². The largest absolute Gasteiger partial charge is 0.359 e. The molecule has 1 heterocycles. The predicted octanol–water partition coefficient (Wildman–Crippen LogP) is 2.58. The maximum atomic E-state index is 12.9. The number of hydrogen-bond acceptors (Lipinski definition) is 4. The van der Waals surface area contributed by atoms with E-state index in [0.717, 1.165) is 10.8 Å². The minimum atomic E-state index is -3.76. The molecule has 138 valence electrons. The smallest absolute Gasteiger partial charge is 0.261 e. The third-order valence-corrected chi connectivity index (χ3v) is 5.92. The van der Waals surface area contributed by atoms with E-state index in [2.05, 4.69) is 10.0 Å². The number of benzene rings is 3. The molecule has 1 amide bonds. The fourth-order valence-corrected chi connectivity index (χ4v) is 4.33. The second kappa shape index (κ2) is 6.92.